The van der Waals surface area contributed by atoms with Gasteiger partial charge >= 0.3 is 5.97 Å². The minimum Gasteiger partial charge on any atom is -0.478 e. The van der Waals surface area contributed by atoms with E-state index in [-0.39, 0.29) is 11.5 Å². The molecular weight excluding hydrogens is 148 g/mol. The summed E-state index contributed by atoms with van der Waals surface area (Å²) in [5.74, 6) is -1.04. The highest BCUT2D eigenvalue weighted by molar-refractivity contribution is 6.13. The fourth-order valence-electron chi connectivity index (χ4n) is 0.629. The maximum absolute atomic E-state index is 10.4. The Bertz CT molecular complexity index is 276. The van der Waals surface area contributed by atoms with Gasteiger partial charge in [-0.15, -0.1) is 10.2 Å². The van der Waals surface area contributed by atoms with Crippen molar-refractivity contribution in [3.63, 3.8) is 0 Å². The van der Waals surface area contributed by atoms with Crippen molar-refractivity contribution in [1.29, 1.82) is 0 Å². The minimum atomic E-state index is -1.07. The van der Waals surface area contributed by atoms with Gasteiger partial charge in [-0.05, 0) is 6.92 Å². The molecule has 0 unspecified atom stereocenters. The molecule has 0 saturated carbocycles. The zero-order valence-corrected chi connectivity index (χ0v) is 5.81. The Balaban J connectivity index is 2.99. The van der Waals surface area contributed by atoms with Crippen LogP contribution in [0.2, 0.25) is 0 Å². The third kappa shape index (κ3) is 1.43. The third-order valence-corrected chi connectivity index (χ3v) is 1.11. The Morgan fingerprint density at radius 2 is 2.55 bits per heavy atom. The summed E-state index contributed by atoms with van der Waals surface area (Å²) in [5.41, 5.74) is 0.0162. The van der Waals surface area contributed by atoms with E-state index in [1.807, 2.05) is 0 Å². The molecule has 0 aliphatic carbocycles. The van der Waals surface area contributed by atoms with Gasteiger partial charge in [0, 0.05) is 0 Å². The molecule has 0 radical (unpaired) electrons. The smallest absolute Gasteiger partial charge is 0.340 e. The van der Waals surface area contributed by atoms with E-state index < -0.39 is 5.97 Å². The van der Waals surface area contributed by atoms with Gasteiger partial charge in [0.25, 0.3) is 5.89 Å². The van der Waals surface area contributed by atoms with Gasteiger partial charge in [0.1, 0.15) is 5.57 Å². The SMILES string of the molecule is CC=C(C(=O)O)c1nnco1. The van der Waals surface area contributed by atoms with Crippen LogP contribution in [0, 0.1) is 0 Å². The van der Waals surface area contributed by atoms with Gasteiger partial charge in [-0.1, -0.05) is 6.08 Å². The Morgan fingerprint density at radius 3 is 2.91 bits per heavy atom. The summed E-state index contributed by atoms with van der Waals surface area (Å²) < 4.78 is 4.68. The lowest BCUT2D eigenvalue weighted by atomic mass is 10.2. The number of rotatable bonds is 2. The number of allylic oxidation sites excluding steroid dienone is 1. The largest absolute Gasteiger partial charge is 0.478 e. The second kappa shape index (κ2) is 2.96. The number of hydrogen-bond donors (Lipinski definition) is 1. The van der Waals surface area contributed by atoms with Gasteiger partial charge in [0.2, 0.25) is 6.39 Å². The van der Waals surface area contributed by atoms with Gasteiger partial charge < -0.3 is 9.52 Å². The van der Waals surface area contributed by atoms with Crippen LogP contribution >= 0.6 is 0 Å². The first-order valence-electron chi connectivity index (χ1n) is 2.92. The van der Waals surface area contributed by atoms with Crippen LogP contribution in [0.25, 0.3) is 5.57 Å². The first kappa shape index (κ1) is 7.46. The predicted octanol–water partition coefficient (Wildman–Crippen LogP) is 0.557. The van der Waals surface area contributed by atoms with E-state index in [9.17, 15) is 4.79 Å². The normalized spacial score (nSPS) is 11.5. The molecule has 0 bridgehead atoms. The summed E-state index contributed by atoms with van der Waals surface area (Å²) in [6.45, 7) is 1.59. The molecule has 0 amide bonds. The highest BCUT2D eigenvalue weighted by Crippen LogP contribution is 2.09. The average Bonchev–Trinajstić information content (AvgIpc) is 2.40. The Hall–Kier alpha value is -1.65. The number of aromatic nitrogens is 2. The van der Waals surface area contributed by atoms with Crippen molar-refractivity contribution in [3.05, 3.63) is 18.4 Å². The number of carboxylic acid groups (broad SMARTS) is 1. The molecule has 1 heterocycles. The van der Waals surface area contributed by atoms with Crippen LogP contribution in [-0.2, 0) is 4.79 Å². The highest BCUT2D eigenvalue weighted by Gasteiger charge is 2.13. The first-order valence-corrected chi connectivity index (χ1v) is 2.92. The van der Waals surface area contributed by atoms with E-state index in [0.29, 0.717) is 0 Å². The van der Waals surface area contributed by atoms with Crippen molar-refractivity contribution in [2.45, 2.75) is 6.92 Å². The Morgan fingerprint density at radius 1 is 1.82 bits per heavy atom. The minimum absolute atomic E-state index is 0.0162. The summed E-state index contributed by atoms with van der Waals surface area (Å²) in [5, 5.41) is 15.3. The van der Waals surface area contributed by atoms with E-state index in [1.165, 1.54) is 6.08 Å². The fourth-order valence-corrected chi connectivity index (χ4v) is 0.629. The number of nitrogens with zero attached hydrogens (tertiary/aromatic N) is 2. The summed E-state index contributed by atoms with van der Waals surface area (Å²) in [4.78, 5) is 10.4. The second-order valence-electron chi connectivity index (χ2n) is 1.75. The first-order chi connectivity index (χ1) is 5.25. The van der Waals surface area contributed by atoms with E-state index in [4.69, 9.17) is 5.11 Å². The van der Waals surface area contributed by atoms with Crippen molar-refractivity contribution in [3.8, 4) is 0 Å². The lowest BCUT2D eigenvalue weighted by molar-refractivity contribution is -0.130. The quantitative estimate of drug-likeness (QED) is 0.629. The summed E-state index contributed by atoms with van der Waals surface area (Å²) in [6, 6.07) is 0. The average molecular weight is 154 g/mol. The van der Waals surface area contributed by atoms with Gasteiger partial charge in [-0.3, -0.25) is 0 Å². The molecule has 0 atom stereocenters. The molecule has 0 spiro atoms. The molecule has 0 aliphatic heterocycles. The van der Waals surface area contributed by atoms with Crippen LogP contribution in [0.4, 0.5) is 0 Å². The lowest BCUT2D eigenvalue weighted by Crippen LogP contribution is -1.99. The second-order valence-corrected chi connectivity index (χ2v) is 1.75. The zero-order valence-electron chi connectivity index (χ0n) is 5.81. The van der Waals surface area contributed by atoms with Gasteiger partial charge in [0.15, 0.2) is 0 Å². The van der Waals surface area contributed by atoms with Crippen molar-refractivity contribution in [1.82, 2.24) is 10.2 Å². The molecule has 1 N–H and O–H groups in total. The number of carbonyl (C=O) groups is 1. The van der Waals surface area contributed by atoms with Crippen LogP contribution in [-0.4, -0.2) is 21.3 Å². The molecular formula is C6H6N2O3. The maximum atomic E-state index is 10.4. The van der Waals surface area contributed by atoms with E-state index in [0.717, 1.165) is 6.39 Å². The molecule has 0 aromatic carbocycles. The topological polar surface area (TPSA) is 76.2 Å². The van der Waals surface area contributed by atoms with E-state index >= 15 is 0 Å². The Kier molecular flexibility index (Phi) is 2.00. The monoisotopic (exact) mass is 154 g/mol. The van der Waals surface area contributed by atoms with Gasteiger partial charge in [0.05, 0.1) is 0 Å². The van der Waals surface area contributed by atoms with E-state index in [2.05, 4.69) is 14.6 Å². The number of aliphatic carboxylic acids is 1. The Labute approximate surface area is 62.4 Å². The molecule has 1 aromatic rings. The molecule has 1 rings (SSSR count). The van der Waals surface area contributed by atoms with Crippen LogP contribution < -0.4 is 0 Å². The van der Waals surface area contributed by atoms with Crippen LogP contribution in [0.5, 0.6) is 0 Å². The van der Waals surface area contributed by atoms with Crippen LogP contribution in [0.1, 0.15) is 12.8 Å². The molecule has 0 fully saturated rings. The fraction of sp³-hybridized carbons (Fsp3) is 0.167. The molecule has 0 saturated heterocycles. The molecule has 58 valence electrons. The van der Waals surface area contributed by atoms with Crippen molar-refractivity contribution in [2.75, 3.05) is 0 Å². The van der Waals surface area contributed by atoms with Crippen molar-refractivity contribution < 1.29 is 14.3 Å². The lowest BCUT2D eigenvalue weighted by Gasteiger charge is -1.90. The summed E-state index contributed by atoms with van der Waals surface area (Å²) >= 11 is 0. The number of carboxylic acids is 1. The molecule has 5 nitrogen and oxygen atoms in total. The molecule has 0 aliphatic rings. The molecule has 1 aromatic heterocycles. The van der Waals surface area contributed by atoms with E-state index in [1.54, 1.807) is 6.92 Å². The maximum Gasteiger partial charge on any atom is 0.340 e. The van der Waals surface area contributed by atoms with Gasteiger partial charge in [-0.2, -0.15) is 0 Å². The molecule has 11 heavy (non-hydrogen) atoms. The summed E-state index contributed by atoms with van der Waals surface area (Å²) in [7, 11) is 0. The summed E-state index contributed by atoms with van der Waals surface area (Å²) in [6.07, 6.45) is 2.48. The third-order valence-electron chi connectivity index (χ3n) is 1.11. The molecule has 5 heteroatoms. The zero-order chi connectivity index (χ0) is 8.27. The van der Waals surface area contributed by atoms with Crippen LogP contribution in [0.15, 0.2) is 16.9 Å². The number of hydrogen-bond acceptors (Lipinski definition) is 4. The van der Waals surface area contributed by atoms with Crippen molar-refractivity contribution >= 4 is 11.5 Å². The van der Waals surface area contributed by atoms with Crippen LogP contribution in [0.3, 0.4) is 0 Å². The highest BCUT2D eigenvalue weighted by atomic mass is 16.4. The standard InChI is InChI=1S/C6H6N2O3/c1-2-4(6(9)10)5-8-7-3-11-5/h2-3H,1H3,(H,9,10). The van der Waals surface area contributed by atoms with Gasteiger partial charge in [-0.25, -0.2) is 4.79 Å². The van der Waals surface area contributed by atoms with Crippen molar-refractivity contribution in [2.24, 2.45) is 0 Å². The predicted molar refractivity (Wildman–Crippen MR) is 35.6 cm³/mol.